The Morgan fingerprint density at radius 1 is 1.19 bits per heavy atom. The second-order valence-electron chi connectivity index (χ2n) is 3.10. The van der Waals surface area contributed by atoms with Crippen LogP contribution in [0, 0.1) is 0 Å². The highest BCUT2D eigenvalue weighted by Gasteiger charge is 2.01. The molecule has 80 valence electrons. The molecule has 0 fully saturated rings. The minimum atomic E-state index is -0.389. The fraction of sp³-hybridized carbons (Fsp3) is 0. The van der Waals surface area contributed by atoms with E-state index in [1.165, 1.54) is 16.9 Å². The molecule has 0 aliphatic carbocycles. The smallest absolute Gasteiger partial charge is 0.210 e. The van der Waals surface area contributed by atoms with E-state index in [-0.39, 0.29) is 11.1 Å². The van der Waals surface area contributed by atoms with E-state index in [4.69, 9.17) is 11.6 Å². The van der Waals surface area contributed by atoms with Gasteiger partial charge in [-0.2, -0.15) is 5.10 Å². The van der Waals surface area contributed by atoms with Gasteiger partial charge in [0.15, 0.2) is 12.0 Å². The zero-order valence-corrected chi connectivity index (χ0v) is 8.89. The van der Waals surface area contributed by atoms with Crippen LogP contribution in [0.5, 0.6) is 0 Å². The van der Waals surface area contributed by atoms with E-state index in [9.17, 15) is 9.59 Å². The summed E-state index contributed by atoms with van der Waals surface area (Å²) in [6.07, 6.45) is 1.94. The van der Waals surface area contributed by atoms with Crippen molar-refractivity contribution in [2.75, 3.05) is 0 Å². The van der Waals surface area contributed by atoms with Crippen LogP contribution in [0.15, 0.2) is 41.3 Å². The topological polar surface area (TPSA) is 52.0 Å². The van der Waals surface area contributed by atoms with Gasteiger partial charge in [0.25, 0.3) is 0 Å². The Bertz CT molecular complexity index is 575. The lowest BCUT2D eigenvalue weighted by molar-refractivity contribution is 0.111. The fourth-order valence-electron chi connectivity index (χ4n) is 1.24. The van der Waals surface area contributed by atoms with Crippen molar-refractivity contribution < 1.29 is 4.79 Å². The number of halogens is 1. The third-order valence-corrected chi connectivity index (χ3v) is 2.29. The molecule has 1 aromatic heterocycles. The molecular weight excluding hydrogens is 228 g/mol. The highest BCUT2D eigenvalue weighted by atomic mass is 35.5. The number of aromatic nitrogens is 2. The fourth-order valence-corrected chi connectivity index (χ4v) is 1.37. The monoisotopic (exact) mass is 234 g/mol. The molecule has 4 nitrogen and oxygen atoms in total. The highest BCUT2D eigenvalue weighted by molar-refractivity contribution is 6.30. The van der Waals surface area contributed by atoms with Gasteiger partial charge >= 0.3 is 0 Å². The molecule has 0 N–H and O–H groups in total. The molecule has 0 aliphatic heterocycles. The van der Waals surface area contributed by atoms with Crippen LogP contribution in [-0.4, -0.2) is 16.1 Å². The average molecular weight is 235 g/mol. The van der Waals surface area contributed by atoms with Crippen LogP contribution in [0.4, 0.5) is 0 Å². The Morgan fingerprint density at radius 3 is 2.50 bits per heavy atom. The number of carbonyl (C=O) groups is 1. The van der Waals surface area contributed by atoms with Crippen molar-refractivity contribution in [1.82, 2.24) is 9.78 Å². The van der Waals surface area contributed by atoms with E-state index in [1.54, 1.807) is 24.3 Å². The molecule has 16 heavy (non-hydrogen) atoms. The second-order valence-corrected chi connectivity index (χ2v) is 3.54. The lowest BCUT2D eigenvalue weighted by atomic mass is 10.3. The van der Waals surface area contributed by atoms with E-state index in [1.807, 2.05) is 0 Å². The molecule has 0 amide bonds. The number of aldehydes is 1. The van der Waals surface area contributed by atoms with Crippen molar-refractivity contribution in [3.05, 3.63) is 57.5 Å². The number of nitrogens with zero attached hydrogens (tertiary/aromatic N) is 2. The van der Waals surface area contributed by atoms with Crippen LogP contribution >= 0.6 is 11.6 Å². The Hall–Kier alpha value is -1.94. The summed E-state index contributed by atoms with van der Waals surface area (Å²) in [6, 6.07) is 8.20. The third-order valence-electron chi connectivity index (χ3n) is 2.04. The van der Waals surface area contributed by atoms with Crippen LogP contribution in [0.1, 0.15) is 10.5 Å². The van der Waals surface area contributed by atoms with Gasteiger partial charge < -0.3 is 0 Å². The van der Waals surface area contributed by atoms with E-state index in [0.29, 0.717) is 11.3 Å². The van der Waals surface area contributed by atoms with Crippen LogP contribution in [0.25, 0.3) is 5.69 Å². The molecule has 0 spiro atoms. The minimum absolute atomic E-state index is 0.113. The maximum Gasteiger partial charge on any atom is 0.210 e. The summed E-state index contributed by atoms with van der Waals surface area (Å²) < 4.78 is 1.45. The van der Waals surface area contributed by atoms with Crippen LogP contribution in [-0.2, 0) is 0 Å². The first-order valence-corrected chi connectivity index (χ1v) is 4.89. The van der Waals surface area contributed by atoms with Crippen LogP contribution in [0.2, 0.25) is 5.02 Å². The predicted molar refractivity (Wildman–Crippen MR) is 60.2 cm³/mol. The molecule has 0 saturated carbocycles. The van der Waals surface area contributed by atoms with Crippen molar-refractivity contribution in [2.45, 2.75) is 0 Å². The van der Waals surface area contributed by atoms with Crippen LogP contribution in [0.3, 0.4) is 0 Å². The number of benzene rings is 1. The Kier molecular flexibility index (Phi) is 2.83. The van der Waals surface area contributed by atoms with Gasteiger partial charge in [0.1, 0.15) is 0 Å². The van der Waals surface area contributed by atoms with Crippen molar-refractivity contribution in [3.63, 3.8) is 0 Å². The average Bonchev–Trinajstić information content (AvgIpc) is 2.31. The molecule has 0 bridgehead atoms. The summed E-state index contributed by atoms with van der Waals surface area (Å²) in [5.74, 6) is 0. The van der Waals surface area contributed by atoms with E-state index in [0.717, 1.165) is 5.69 Å². The summed E-state index contributed by atoms with van der Waals surface area (Å²) in [5, 5.41) is 4.50. The van der Waals surface area contributed by atoms with Gasteiger partial charge in [0.05, 0.1) is 5.69 Å². The Balaban J connectivity index is 2.52. The van der Waals surface area contributed by atoms with Crippen molar-refractivity contribution in [1.29, 1.82) is 0 Å². The van der Waals surface area contributed by atoms with Gasteiger partial charge in [-0.05, 0) is 24.3 Å². The Morgan fingerprint density at radius 2 is 1.88 bits per heavy atom. The zero-order valence-electron chi connectivity index (χ0n) is 8.13. The quantitative estimate of drug-likeness (QED) is 0.743. The minimum Gasteiger partial charge on any atom is -0.296 e. The van der Waals surface area contributed by atoms with Crippen LogP contribution < -0.4 is 5.43 Å². The number of rotatable bonds is 2. The standard InChI is InChI=1S/C11H7ClN2O2/c12-8-1-3-9(4-2-8)14-6-5-11(16)10(7-15)13-14/h1-7H. The molecule has 1 aromatic carbocycles. The molecule has 0 atom stereocenters. The van der Waals surface area contributed by atoms with Gasteiger partial charge in [0, 0.05) is 17.3 Å². The molecule has 1 heterocycles. The highest BCUT2D eigenvalue weighted by Crippen LogP contribution is 2.11. The SMILES string of the molecule is O=Cc1nn(-c2ccc(Cl)cc2)ccc1=O. The van der Waals surface area contributed by atoms with Gasteiger partial charge in [-0.15, -0.1) is 0 Å². The molecule has 0 radical (unpaired) electrons. The summed E-state index contributed by atoms with van der Waals surface area (Å²) in [6.45, 7) is 0. The maximum atomic E-state index is 11.2. The molecule has 2 aromatic rings. The maximum absolute atomic E-state index is 11.2. The molecule has 0 unspecified atom stereocenters. The molecule has 5 heteroatoms. The summed E-state index contributed by atoms with van der Waals surface area (Å²) >= 11 is 5.75. The molecular formula is C11H7ClN2O2. The summed E-state index contributed by atoms with van der Waals surface area (Å²) in [7, 11) is 0. The third kappa shape index (κ3) is 2.01. The van der Waals surface area contributed by atoms with Gasteiger partial charge in [-0.1, -0.05) is 11.6 Å². The number of carbonyl (C=O) groups excluding carboxylic acids is 1. The summed E-state index contributed by atoms with van der Waals surface area (Å²) in [5.41, 5.74) is 0.227. The predicted octanol–water partition coefficient (Wildman–Crippen LogP) is 1.70. The number of hydrogen-bond donors (Lipinski definition) is 0. The first kappa shape index (κ1) is 10.6. The van der Waals surface area contributed by atoms with E-state index >= 15 is 0 Å². The Labute approximate surface area is 96.1 Å². The number of hydrogen-bond acceptors (Lipinski definition) is 3. The first-order chi connectivity index (χ1) is 7.70. The van der Waals surface area contributed by atoms with Gasteiger partial charge in [0.2, 0.25) is 5.43 Å². The normalized spacial score (nSPS) is 10.1. The van der Waals surface area contributed by atoms with Crippen molar-refractivity contribution in [3.8, 4) is 5.69 Å². The molecule has 2 rings (SSSR count). The van der Waals surface area contributed by atoms with Crippen molar-refractivity contribution in [2.24, 2.45) is 0 Å². The van der Waals surface area contributed by atoms with Crippen molar-refractivity contribution >= 4 is 17.9 Å². The summed E-state index contributed by atoms with van der Waals surface area (Å²) in [4.78, 5) is 21.7. The second kappa shape index (κ2) is 4.28. The largest absolute Gasteiger partial charge is 0.296 e. The first-order valence-electron chi connectivity index (χ1n) is 4.52. The lowest BCUT2D eigenvalue weighted by Crippen LogP contribution is -2.14. The van der Waals surface area contributed by atoms with Gasteiger partial charge in [-0.3, -0.25) is 9.59 Å². The zero-order chi connectivity index (χ0) is 11.5. The molecule has 0 saturated heterocycles. The van der Waals surface area contributed by atoms with Gasteiger partial charge in [-0.25, -0.2) is 4.68 Å². The van der Waals surface area contributed by atoms with E-state index < -0.39 is 0 Å². The van der Waals surface area contributed by atoms with E-state index in [2.05, 4.69) is 5.10 Å². The lowest BCUT2D eigenvalue weighted by Gasteiger charge is -2.04. The molecule has 0 aliphatic rings.